The maximum Gasteiger partial charge on any atom is 0.282 e. The van der Waals surface area contributed by atoms with Crippen LogP contribution in [0.1, 0.15) is 47.4 Å². The van der Waals surface area contributed by atoms with Gasteiger partial charge in [-0.25, -0.2) is 8.42 Å². The van der Waals surface area contributed by atoms with Crippen LogP contribution in [-0.2, 0) is 10.0 Å². The van der Waals surface area contributed by atoms with Crippen molar-refractivity contribution in [2.24, 2.45) is 0 Å². The van der Waals surface area contributed by atoms with Crippen LogP contribution in [0.2, 0.25) is 0 Å². The topological polar surface area (TPSA) is 90.7 Å². The summed E-state index contributed by atoms with van der Waals surface area (Å²) >= 11 is 0. The van der Waals surface area contributed by atoms with E-state index in [9.17, 15) is 13.2 Å². The van der Waals surface area contributed by atoms with Gasteiger partial charge in [-0.2, -0.15) is 14.1 Å². The molecule has 0 N–H and O–H groups in total. The van der Waals surface area contributed by atoms with Crippen LogP contribution in [0.25, 0.3) is 0 Å². The molecule has 0 unspecified atom stereocenters. The predicted molar refractivity (Wildman–Crippen MR) is 108 cm³/mol. The number of hydrogen-bond donors (Lipinski definition) is 0. The van der Waals surface area contributed by atoms with E-state index in [-0.39, 0.29) is 16.2 Å². The molecule has 1 aromatic heterocycles. The average Bonchev–Trinajstić information content (AvgIpc) is 2.89. The number of methoxy groups -OCH3 is 2. The van der Waals surface area contributed by atoms with Gasteiger partial charge < -0.3 is 9.47 Å². The summed E-state index contributed by atoms with van der Waals surface area (Å²) in [6.45, 7) is 4.20. The van der Waals surface area contributed by atoms with Gasteiger partial charge in [0.25, 0.3) is 5.91 Å². The Bertz CT molecular complexity index is 1010. The van der Waals surface area contributed by atoms with E-state index in [0.717, 1.165) is 30.4 Å². The van der Waals surface area contributed by atoms with Crippen LogP contribution in [0.3, 0.4) is 0 Å². The highest BCUT2D eigenvalue weighted by Crippen LogP contribution is 2.32. The lowest BCUT2D eigenvalue weighted by Crippen LogP contribution is -2.32. The summed E-state index contributed by atoms with van der Waals surface area (Å²) in [6, 6.07) is 4.96. The molecular formula is C20H27N3O5S. The van der Waals surface area contributed by atoms with Crippen molar-refractivity contribution in [1.82, 2.24) is 14.1 Å². The zero-order chi connectivity index (χ0) is 21.2. The Morgan fingerprint density at radius 3 is 2.28 bits per heavy atom. The Hall–Kier alpha value is -2.39. The molecule has 29 heavy (non-hydrogen) atoms. The molecule has 0 amide bonds. The molecule has 0 spiro atoms. The number of carbonyl (C=O) groups excluding carboxylic acids is 1. The Morgan fingerprint density at radius 1 is 1.03 bits per heavy atom. The highest BCUT2D eigenvalue weighted by molar-refractivity contribution is 7.89. The Balaban J connectivity index is 2.05. The van der Waals surface area contributed by atoms with Crippen LogP contribution < -0.4 is 9.47 Å². The van der Waals surface area contributed by atoms with Gasteiger partial charge in [0.05, 0.1) is 31.2 Å². The molecule has 3 rings (SSSR count). The van der Waals surface area contributed by atoms with E-state index in [4.69, 9.17) is 9.47 Å². The van der Waals surface area contributed by atoms with Gasteiger partial charge in [-0.15, -0.1) is 0 Å². The van der Waals surface area contributed by atoms with E-state index >= 15 is 0 Å². The fourth-order valence-corrected chi connectivity index (χ4v) is 5.65. The van der Waals surface area contributed by atoms with Gasteiger partial charge in [0.1, 0.15) is 4.90 Å². The summed E-state index contributed by atoms with van der Waals surface area (Å²) < 4.78 is 39.8. The van der Waals surface area contributed by atoms with Crippen molar-refractivity contribution in [2.75, 3.05) is 27.3 Å². The Labute approximate surface area is 171 Å². The van der Waals surface area contributed by atoms with Gasteiger partial charge in [-0.1, -0.05) is 18.9 Å². The third kappa shape index (κ3) is 3.89. The molecule has 1 fully saturated rings. The molecule has 9 heteroatoms. The molecule has 0 saturated carbocycles. The van der Waals surface area contributed by atoms with Gasteiger partial charge >= 0.3 is 0 Å². The minimum Gasteiger partial charge on any atom is -0.493 e. The van der Waals surface area contributed by atoms with E-state index in [1.807, 2.05) is 0 Å². The second-order valence-electron chi connectivity index (χ2n) is 7.08. The molecule has 2 heterocycles. The molecule has 2 aromatic rings. The molecule has 8 nitrogen and oxygen atoms in total. The lowest BCUT2D eigenvalue weighted by molar-refractivity contribution is 0.0938. The van der Waals surface area contributed by atoms with Gasteiger partial charge in [-0.3, -0.25) is 4.79 Å². The molecule has 0 atom stereocenters. The molecule has 0 bridgehead atoms. The smallest absolute Gasteiger partial charge is 0.282 e. The highest BCUT2D eigenvalue weighted by atomic mass is 32.2. The summed E-state index contributed by atoms with van der Waals surface area (Å²) in [5, 5.41) is 4.27. The van der Waals surface area contributed by atoms with Gasteiger partial charge in [0.2, 0.25) is 10.0 Å². The maximum atomic E-state index is 13.3. The van der Waals surface area contributed by atoms with Crippen molar-refractivity contribution >= 4 is 15.9 Å². The standard InChI is InChI=1S/C20H27N3O5S/c1-14-19(29(25,26)22-12-7-5-6-8-13-22)15(2)23(21-14)20(24)16-10-9-11-17(27-3)18(16)28-4/h9-11H,5-8,12-13H2,1-4H3. The van der Waals surface area contributed by atoms with E-state index < -0.39 is 15.9 Å². The lowest BCUT2D eigenvalue weighted by Gasteiger charge is -2.20. The van der Waals surface area contributed by atoms with Crippen molar-refractivity contribution < 1.29 is 22.7 Å². The van der Waals surface area contributed by atoms with Crippen LogP contribution >= 0.6 is 0 Å². The van der Waals surface area contributed by atoms with E-state index in [2.05, 4.69) is 5.10 Å². The molecule has 1 aliphatic rings. The monoisotopic (exact) mass is 421 g/mol. The first-order valence-corrected chi connectivity index (χ1v) is 11.1. The zero-order valence-corrected chi connectivity index (χ0v) is 18.1. The Kier molecular flexibility index (Phi) is 6.28. The third-order valence-corrected chi connectivity index (χ3v) is 7.37. The second kappa shape index (κ2) is 8.54. The number of rotatable bonds is 5. The fraction of sp³-hybridized carbons (Fsp3) is 0.500. The third-order valence-electron chi connectivity index (χ3n) is 5.21. The van der Waals surface area contributed by atoms with Crippen molar-refractivity contribution in [3.05, 3.63) is 35.2 Å². The van der Waals surface area contributed by atoms with Crippen LogP contribution in [0.4, 0.5) is 0 Å². The van der Waals surface area contributed by atoms with Gasteiger partial charge in [-0.05, 0) is 38.8 Å². The number of benzene rings is 1. The summed E-state index contributed by atoms with van der Waals surface area (Å²) in [6.07, 6.45) is 3.73. The van der Waals surface area contributed by atoms with E-state index in [1.54, 1.807) is 32.0 Å². The minimum atomic E-state index is -3.73. The van der Waals surface area contributed by atoms with Crippen molar-refractivity contribution in [3.63, 3.8) is 0 Å². The fourth-order valence-electron chi connectivity index (χ4n) is 3.78. The van der Waals surface area contributed by atoms with Crippen LogP contribution in [0, 0.1) is 13.8 Å². The number of nitrogens with zero attached hydrogens (tertiary/aromatic N) is 3. The number of carbonyl (C=O) groups is 1. The first-order chi connectivity index (χ1) is 13.8. The molecule has 1 saturated heterocycles. The Morgan fingerprint density at radius 2 is 1.69 bits per heavy atom. The molecule has 1 aliphatic heterocycles. The quantitative estimate of drug-likeness (QED) is 0.737. The van der Waals surface area contributed by atoms with Crippen molar-refractivity contribution in [1.29, 1.82) is 0 Å². The summed E-state index contributed by atoms with van der Waals surface area (Å²) in [4.78, 5) is 13.3. The minimum absolute atomic E-state index is 0.106. The summed E-state index contributed by atoms with van der Waals surface area (Å²) in [5.74, 6) is 0.223. The first kappa shape index (κ1) is 21.3. The molecule has 158 valence electrons. The van der Waals surface area contributed by atoms with E-state index in [1.165, 1.54) is 18.5 Å². The van der Waals surface area contributed by atoms with E-state index in [0.29, 0.717) is 30.2 Å². The average molecular weight is 422 g/mol. The predicted octanol–water partition coefficient (Wildman–Crippen LogP) is 2.77. The number of aryl methyl sites for hydroxylation is 1. The molecule has 0 aliphatic carbocycles. The number of para-hydroxylation sites is 1. The SMILES string of the molecule is COc1cccc(C(=O)n2nc(C)c(S(=O)(=O)N3CCCCCC3)c2C)c1OC. The normalized spacial score (nSPS) is 15.7. The highest BCUT2D eigenvalue weighted by Gasteiger charge is 2.33. The second-order valence-corrected chi connectivity index (χ2v) is 8.95. The van der Waals surface area contributed by atoms with Crippen molar-refractivity contribution in [3.8, 4) is 11.5 Å². The van der Waals surface area contributed by atoms with Crippen LogP contribution in [-0.4, -0.2) is 55.7 Å². The number of hydrogen-bond acceptors (Lipinski definition) is 6. The zero-order valence-electron chi connectivity index (χ0n) is 17.3. The largest absolute Gasteiger partial charge is 0.493 e. The summed E-state index contributed by atoms with van der Waals surface area (Å²) in [5.41, 5.74) is 0.847. The van der Waals surface area contributed by atoms with Crippen LogP contribution in [0.5, 0.6) is 11.5 Å². The number of sulfonamides is 1. The summed E-state index contributed by atoms with van der Waals surface area (Å²) in [7, 11) is -0.791. The maximum absolute atomic E-state index is 13.3. The van der Waals surface area contributed by atoms with Gasteiger partial charge in [0.15, 0.2) is 11.5 Å². The van der Waals surface area contributed by atoms with Crippen LogP contribution in [0.15, 0.2) is 23.1 Å². The first-order valence-electron chi connectivity index (χ1n) is 9.65. The molecule has 0 radical (unpaired) electrons. The lowest BCUT2D eigenvalue weighted by atomic mass is 10.1. The van der Waals surface area contributed by atoms with Gasteiger partial charge in [0, 0.05) is 13.1 Å². The number of aromatic nitrogens is 2. The molecular weight excluding hydrogens is 394 g/mol. The molecule has 1 aromatic carbocycles. The van der Waals surface area contributed by atoms with Crippen molar-refractivity contribution in [2.45, 2.75) is 44.4 Å². The number of ether oxygens (including phenoxy) is 2.